The standard InChI is InChI=1S/C20H15FN4O5/c21-16-8-7-15(11-18(16)24(27)28)23-20(26)14-6-9-17(19(10-14)25(29)30)22-12-13-4-2-1-3-5-13/h1-11,22H,12H2,(H,23,26). The summed E-state index contributed by atoms with van der Waals surface area (Å²) in [6.07, 6.45) is 0. The molecule has 0 aliphatic carbocycles. The predicted octanol–water partition coefficient (Wildman–Crippen LogP) is 4.51. The van der Waals surface area contributed by atoms with Gasteiger partial charge in [-0.1, -0.05) is 30.3 Å². The average Bonchev–Trinajstić information content (AvgIpc) is 2.74. The summed E-state index contributed by atoms with van der Waals surface area (Å²) in [4.78, 5) is 33.2. The monoisotopic (exact) mass is 410 g/mol. The van der Waals surface area contributed by atoms with E-state index in [4.69, 9.17) is 0 Å². The fourth-order valence-electron chi connectivity index (χ4n) is 2.70. The second-order valence-corrected chi connectivity index (χ2v) is 6.21. The van der Waals surface area contributed by atoms with Crippen molar-refractivity contribution in [3.63, 3.8) is 0 Å². The van der Waals surface area contributed by atoms with Gasteiger partial charge in [0.2, 0.25) is 5.82 Å². The van der Waals surface area contributed by atoms with E-state index in [1.165, 1.54) is 12.1 Å². The minimum absolute atomic E-state index is 0.0120. The molecule has 152 valence electrons. The third-order valence-corrected chi connectivity index (χ3v) is 4.18. The van der Waals surface area contributed by atoms with Gasteiger partial charge in [-0.25, -0.2) is 0 Å². The number of nitrogens with one attached hydrogen (secondary N) is 2. The molecule has 1 amide bonds. The van der Waals surface area contributed by atoms with Crippen molar-refractivity contribution >= 4 is 28.7 Å². The molecule has 2 N–H and O–H groups in total. The van der Waals surface area contributed by atoms with E-state index in [-0.39, 0.29) is 22.6 Å². The second kappa shape index (κ2) is 8.78. The lowest BCUT2D eigenvalue weighted by molar-refractivity contribution is -0.387. The molecule has 30 heavy (non-hydrogen) atoms. The van der Waals surface area contributed by atoms with Gasteiger partial charge in [-0.3, -0.25) is 25.0 Å². The van der Waals surface area contributed by atoms with Crippen LogP contribution in [-0.4, -0.2) is 15.8 Å². The highest BCUT2D eigenvalue weighted by atomic mass is 19.1. The Morgan fingerprint density at radius 1 is 0.900 bits per heavy atom. The molecule has 0 aromatic heterocycles. The first-order chi connectivity index (χ1) is 14.3. The molecule has 0 heterocycles. The van der Waals surface area contributed by atoms with Crippen molar-refractivity contribution in [2.24, 2.45) is 0 Å². The van der Waals surface area contributed by atoms with Crippen molar-refractivity contribution in [1.82, 2.24) is 0 Å². The van der Waals surface area contributed by atoms with Crippen molar-refractivity contribution in [1.29, 1.82) is 0 Å². The summed E-state index contributed by atoms with van der Waals surface area (Å²) in [5.74, 6) is -1.77. The summed E-state index contributed by atoms with van der Waals surface area (Å²) in [5, 5.41) is 27.6. The molecule has 0 saturated carbocycles. The van der Waals surface area contributed by atoms with Crippen LogP contribution in [0.15, 0.2) is 66.7 Å². The molecule has 10 heteroatoms. The maximum atomic E-state index is 13.4. The molecule has 0 aliphatic rings. The summed E-state index contributed by atoms with van der Waals surface area (Å²) in [6.45, 7) is 0.354. The molecule has 9 nitrogen and oxygen atoms in total. The Bertz CT molecular complexity index is 1120. The summed E-state index contributed by atoms with van der Waals surface area (Å²) >= 11 is 0. The van der Waals surface area contributed by atoms with Crippen LogP contribution in [0.1, 0.15) is 15.9 Å². The number of hydrogen-bond acceptors (Lipinski definition) is 6. The Kier molecular flexibility index (Phi) is 5.97. The number of carbonyl (C=O) groups excluding carboxylic acids is 1. The quantitative estimate of drug-likeness (QED) is 0.436. The van der Waals surface area contributed by atoms with Crippen LogP contribution >= 0.6 is 0 Å². The topological polar surface area (TPSA) is 127 Å². The van der Waals surface area contributed by atoms with Gasteiger partial charge in [0.05, 0.1) is 9.85 Å². The predicted molar refractivity (Wildman–Crippen MR) is 108 cm³/mol. The van der Waals surface area contributed by atoms with E-state index in [1.54, 1.807) is 0 Å². The number of nitro groups is 2. The number of amides is 1. The number of rotatable bonds is 7. The number of benzene rings is 3. The van der Waals surface area contributed by atoms with Gasteiger partial charge in [-0.05, 0) is 29.8 Å². The van der Waals surface area contributed by atoms with Gasteiger partial charge in [-0.2, -0.15) is 4.39 Å². The van der Waals surface area contributed by atoms with Gasteiger partial charge >= 0.3 is 5.69 Å². The van der Waals surface area contributed by atoms with E-state index >= 15 is 0 Å². The van der Waals surface area contributed by atoms with E-state index < -0.39 is 27.3 Å². The van der Waals surface area contributed by atoms with E-state index in [2.05, 4.69) is 10.6 Å². The highest BCUT2D eigenvalue weighted by molar-refractivity contribution is 6.05. The molecule has 0 fully saturated rings. The van der Waals surface area contributed by atoms with Gasteiger partial charge in [0.1, 0.15) is 5.69 Å². The van der Waals surface area contributed by atoms with Crippen LogP contribution in [0.2, 0.25) is 0 Å². The van der Waals surface area contributed by atoms with Gasteiger partial charge in [0, 0.05) is 29.9 Å². The lowest BCUT2D eigenvalue weighted by Crippen LogP contribution is -2.13. The molecule has 0 spiro atoms. The van der Waals surface area contributed by atoms with E-state index in [9.17, 15) is 29.4 Å². The Labute approximate surface area is 169 Å². The highest BCUT2D eigenvalue weighted by Crippen LogP contribution is 2.27. The van der Waals surface area contributed by atoms with Gasteiger partial charge in [-0.15, -0.1) is 0 Å². The fraction of sp³-hybridized carbons (Fsp3) is 0.0500. The molecule has 0 saturated heterocycles. The van der Waals surface area contributed by atoms with Crippen LogP contribution < -0.4 is 10.6 Å². The highest BCUT2D eigenvalue weighted by Gasteiger charge is 2.19. The fourth-order valence-corrected chi connectivity index (χ4v) is 2.70. The van der Waals surface area contributed by atoms with E-state index in [1.807, 2.05) is 30.3 Å². The van der Waals surface area contributed by atoms with Gasteiger partial charge in [0.25, 0.3) is 11.6 Å². The first-order valence-corrected chi connectivity index (χ1v) is 8.66. The third kappa shape index (κ3) is 4.73. The number of nitro benzene ring substituents is 2. The summed E-state index contributed by atoms with van der Waals surface area (Å²) in [5.41, 5.74) is 0.0215. The molecule has 0 radical (unpaired) electrons. The number of hydrogen-bond donors (Lipinski definition) is 2. The Morgan fingerprint density at radius 2 is 1.60 bits per heavy atom. The van der Waals surface area contributed by atoms with Crippen molar-refractivity contribution in [2.75, 3.05) is 10.6 Å². The summed E-state index contributed by atoms with van der Waals surface area (Å²) in [6, 6.07) is 16.0. The van der Waals surface area contributed by atoms with Crippen LogP contribution in [0, 0.1) is 26.0 Å². The summed E-state index contributed by atoms with van der Waals surface area (Å²) in [7, 11) is 0. The molecule has 0 atom stereocenters. The SMILES string of the molecule is O=C(Nc1ccc(F)c([N+](=O)[O-])c1)c1ccc(NCc2ccccc2)c([N+](=O)[O-])c1. The Balaban J connectivity index is 1.80. The van der Waals surface area contributed by atoms with Crippen LogP contribution in [0.25, 0.3) is 0 Å². The smallest absolute Gasteiger partial charge is 0.306 e. The molecular formula is C20H15FN4O5. The number of carbonyl (C=O) groups is 1. The number of halogens is 1. The minimum atomic E-state index is -1.04. The first kappa shape index (κ1) is 20.4. The largest absolute Gasteiger partial charge is 0.375 e. The van der Waals surface area contributed by atoms with E-state index in [0.717, 1.165) is 29.8 Å². The maximum absolute atomic E-state index is 13.4. The number of nitrogens with zero attached hydrogens (tertiary/aromatic N) is 2. The van der Waals surface area contributed by atoms with Crippen molar-refractivity contribution in [2.45, 2.75) is 6.54 Å². The summed E-state index contributed by atoms with van der Waals surface area (Å²) < 4.78 is 13.4. The van der Waals surface area contributed by atoms with Crippen molar-refractivity contribution in [3.8, 4) is 0 Å². The molecular weight excluding hydrogens is 395 g/mol. The molecule has 3 rings (SSSR count). The third-order valence-electron chi connectivity index (χ3n) is 4.18. The van der Waals surface area contributed by atoms with E-state index in [0.29, 0.717) is 6.54 Å². The molecule has 3 aromatic carbocycles. The molecule has 0 bridgehead atoms. The molecule has 3 aromatic rings. The van der Waals surface area contributed by atoms with Crippen LogP contribution in [0.5, 0.6) is 0 Å². The first-order valence-electron chi connectivity index (χ1n) is 8.66. The average molecular weight is 410 g/mol. The van der Waals surface area contributed by atoms with Crippen molar-refractivity contribution < 1.29 is 19.0 Å². The Hall–Kier alpha value is -4.34. The molecule has 0 aliphatic heterocycles. The van der Waals surface area contributed by atoms with Crippen molar-refractivity contribution in [3.05, 3.63) is 104 Å². The Morgan fingerprint density at radius 3 is 2.27 bits per heavy atom. The number of anilines is 2. The maximum Gasteiger partial charge on any atom is 0.306 e. The minimum Gasteiger partial charge on any atom is -0.375 e. The lowest BCUT2D eigenvalue weighted by Gasteiger charge is -2.10. The zero-order valence-corrected chi connectivity index (χ0v) is 15.4. The van der Waals surface area contributed by atoms with Crippen LogP contribution in [0.3, 0.4) is 0 Å². The van der Waals surface area contributed by atoms with Gasteiger partial charge < -0.3 is 10.6 Å². The van der Waals surface area contributed by atoms with Gasteiger partial charge in [0.15, 0.2) is 0 Å². The zero-order valence-electron chi connectivity index (χ0n) is 15.4. The van der Waals surface area contributed by atoms with Crippen LogP contribution in [0.4, 0.5) is 27.1 Å². The zero-order chi connectivity index (χ0) is 21.7. The normalized spacial score (nSPS) is 10.3. The van der Waals surface area contributed by atoms with Crippen LogP contribution in [-0.2, 0) is 6.54 Å². The molecule has 0 unspecified atom stereocenters. The lowest BCUT2D eigenvalue weighted by atomic mass is 10.1. The second-order valence-electron chi connectivity index (χ2n) is 6.21.